The molecule has 2 aromatic heterocycles. The molecule has 1 unspecified atom stereocenters. The lowest BCUT2D eigenvalue weighted by Gasteiger charge is -2.12. The molecule has 1 N–H and O–H groups in total. The van der Waals surface area contributed by atoms with Gasteiger partial charge in [0.15, 0.2) is 10.8 Å². The highest BCUT2D eigenvalue weighted by Crippen LogP contribution is 2.33. The molecule has 0 amide bonds. The number of thioether (sulfide) groups is 1. The van der Waals surface area contributed by atoms with E-state index in [-0.39, 0.29) is 18.3 Å². The fourth-order valence-electron chi connectivity index (χ4n) is 1.72. The van der Waals surface area contributed by atoms with Crippen LogP contribution in [0.25, 0.3) is 11.2 Å². The summed E-state index contributed by atoms with van der Waals surface area (Å²) < 4.78 is 7.45. The molecule has 3 rings (SSSR count). The number of hydrogen-bond donors (Lipinski definition) is 1. The van der Waals surface area contributed by atoms with E-state index in [9.17, 15) is 0 Å². The Bertz CT molecular complexity index is 549. The molecule has 0 bridgehead atoms. The second kappa shape index (κ2) is 4.41. The minimum Gasteiger partial charge on any atom is -0.393 e. The van der Waals surface area contributed by atoms with Crippen LogP contribution >= 0.6 is 23.4 Å². The fraction of sp³-hybridized carbons (Fsp3) is 0.444. The van der Waals surface area contributed by atoms with Crippen LogP contribution in [-0.2, 0) is 4.74 Å². The number of aliphatic hydroxyl groups excluding tert-OH is 1. The maximum Gasteiger partial charge on any atom is 0.166 e. The number of aliphatic hydroxyl groups is 1. The van der Waals surface area contributed by atoms with Gasteiger partial charge in [-0.1, -0.05) is 11.6 Å². The van der Waals surface area contributed by atoms with E-state index in [0.29, 0.717) is 16.3 Å². The summed E-state index contributed by atoms with van der Waals surface area (Å²) in [6.07, 6.45) is 2.86. The lowest BCUT2D eigenvalue weighted by Crippen LogP contribution is -2.14. The van der Waals surface area contributed by atoms with Gasteiger partial charge >= 0.3 is 0 Å². The number of aromatic nitrogens is 4. The molecule has 1 aliphatic heterocycles. The minimum atomic E-state index is -0.185. The van der Waals surface area contributed by atoms with E-state index in [1.54, 1.807) is 18.1 Å². The zero-order valence-electron chi connectivity index (χ0n) is 8.65. The Hall–Kier alpha value is -0.890. The van der Waals surface area contributed by atoms with Crippen molar-refractivity contribution in [2.45, 2.75) is 11.7 Å². The summed E-state index contributed by atoms with van der Waals surface area (Å²) in [5, 5.41) is 9.35. The maximum absolute atomic E-state index is 9.02. The molecule has 2 aromatic rings. The quantitative estimate of drug-likeness (QED) is 0.824. The third kappa shape index (κ3) is 1.89. The number of nitrogens with zero attached hydrogens (tertiary/aromatic N) is 4. The van der Waals surface area contributed by atoms with Crippen LogP contribution in [0.2, 0.25) is 5.15 Å². The number of rotatable bonds is 2. The largest absolute Gasteiger partial charge is 0.393 e. The van der Waals surface area contributed by atoms with E-state index in [4.69, 9.17) is 21.4 Å². The standard InChI is InChI=1S/C9H9ClN4O2S/c10-8-7-9(12-3-11-8)14(4-13-7)5-2-17-6(1-15)16-5/h3-6,15H,1-2H2/t5-,6?/m0/s1. The van der Waals surface area contributed by atoms with Crippen LogP contribution in [0.1, 0.15) is 6.23 Å². The van der Waals surface area contributed by atoms with Gasteiger partial charge in [0.2, 0.25) is 0 Å². The van der Waals surface area contributed by atoms with Crippen molar-refractivity contribution in [3.8, 4) is 0 Å². The van der Waals surface area contributed by atoms with E-state index in [2.05, 4.69) is 15.0 Å². The maximum atomic E-state index is 9.02. The smallest absolute Gasteiger partial charge is 0.166 e. The molecule has 3 heterocycles. The van der Waals surface area contributed by atoms with E-state index < -0.39 is 0 Å². The molecule has 2 atom stereocenters. The summed E-state index contributed by atoms with van der Waals surface area (Å²) >= 11 is 7.48. The molecule has 90 valence electrons. The summed E-state index contributed by atoms with van der Waals surface area (Å²) in [6.45, 7) is 0.00351. The Labute approximate surface area is 106 Å². The van der Waals surface area contributed by atoms with Crippen LogP contribution in [0, 0.1) is 0 Å². The van der Waals surface area contributed by atoms with E-state index >= 15 is 0 Å². The summed E-state index contributed by atoms with van der Waals surface area (Å²) in [6, 6.07) is 0. The average molecular weight is 273 g/mol. The van der Waals surface area contributed by atoms with Gasteiger partial charge in [-0.25, -0.2) is 15.0 Å². The highest BCUT2D eigenvalue weighted by molar-refractivity contribution is 8.00. The summed E-state index contributed by atoms with van der Waals surface area (Å²) in [5.74, 6) is 0.748. The van der Waals surface area contributed by atoms with Crippen molar-refractivity contribution in [3.05, 3.63) is 17.8 Å². The van der Waals surface area contributed by atoms with Crippen molar-refractivity contribution in [1.82, 2.24) is 19.5 Å². The molecule has 0 aromatic carbocycles. The zero-order valence-corrected chi connectivity index (χ0v) is 10.2. The molecule has 1 fully saturated rings. The average Bonchev–Trinajstić information content (AvgIpc) is 2.94. The van der Waals surface area contributed by atoms with Gasteiger partial charge in [0.1, 0.15) is 23.5 Å². The Morgan fingerprint density at radius 2 is 2.41 bits per heavy atom. The first-order valence-electron chi connectivity index (χ1n) is 5.00. The Morgan fingerprint density at radius 1 is 1.53 bits per heavy atom. The number of imidazole rings is 1. The lowest BCUT2D eigenvalue weighted by molar-refractivity contribution is -0.00191. The first-order chi connectivity index (χ1) is 8.29. The molecular formula is C9H9ClN4O2S. The minimum absolute atomic E-state index is 0.00351. The Morgan fingerprint density at radius 3 is 3.18 bits per heavy atom. The molecule has 17 heavy (non-hydrogen) atoms. The molecule has 8 heteroatoms. The van der Waals surface area contributed by atoms with Gasteiger partial charge in [0.25, 0.3) is 0 Å². The van der Waals surface area contributed by atoms with Crippen LogP contribution < -0.4 is 0 Å². The van der Waals surface area contributed by atoms with E-state index in [1.807, 2.05) is 4.57 Å². The zero-order chi connectivity index (χ0) is 11.8. The number of ether oxygens (including phenoxy) is 1. The topological polar surface area (TPSA) is 73.1 Å². The molecule has 1 aliphatic rings. The summed E-state index contributed by atoms with van der Waals surface area (Å²) in [4.78, 5) is 12.2. The predicted octanol–water partition coefficient (Wildman–Crippen LogP) is 1.06. The summed E-state index contributed by atoms with van der Waals surface area (Å²) in [7, 11) is 0. The highest BCUT2D eigenvalue weighted by Gasteiger charge is 2.28. The van der Waals surface area contributed by atoms with Gasteiger partial charge < -0.3 is 9.84 Å². The number of fused-ring (bicyclic) bond motifs is 1. The van der Waals surface area contributed by atoms with Crippen LogP contribution in [0.5, 0.6) is 0 Å². The Balaban J connectivity index is 1.99. The van der Waals surface area contributed by atoms with Crippen LogP contribution in [-0.4, -0.2) is 42.4 Å². The third-order valence-corrected chi connectivity index (χ3v) is 3.89. The second-order valence-electron chi connectivity index (χ2n) is 3.52. The van der Waals surface area contributed by atoms with Crippen molar-refractivity contribution in [3.63, 3.8) is 0 Å². The predicted molar refractivity (Wildman–Crippen MR) is 63.8 cm³/mol. The SMILES string of the molecule is OCC1O[C@H](n2cnc3c(Cl)ncnc32)CS1. The molecule has 0 aliphatic carbocycles. The van der Waals surface area contributed by atoms with Gasteiger partial charge in [-0.3, -0.25) is 4.57 Å². The fourth-order valence-corrected chi connectivity index (χ4v) is 2.83. The van der Waals surface area contributed by atoms with Crippen molar-refractivity contribution >= 4 is 34.5 Å². The lowest BCUT2D eigenvalue weighted by atomic mass is 10.5. The van der Waals surface area contributed by atoms with E-state index in [0.717, 1.165) is 5.75 Å². The third-order valence-electron chi connectivity index (χ3n) is 2.51. The van der Waals surface area contributed by atoms with Gasteiger partial charge in [-0.15, -0.1) is 11.8 Å². The molecule has 1 saturated heterocycles. The normalized spacial score (nSPS) is 24.6. The molecule has 0 spiro atoms. The van der Waals surface area contributed by atoms with Gasteiger partial charge in [-0.05, 0) is 0 Å². The van der Waals surface area contributed by atoms with Crippen molar-refractivity contribution < 1.29 is 9.84 Å². The molecule has 0 radical (unpaired) electrons. The van der Waals surface area contributed by atoms with E-state index in [1.165, 1.54) is 6.33 Å². The van der Waals surface area contributed by atoms with Crippen LogP contribution in [0.3, 0.4) is 0 Å². The number of hydrogen-bond acceptors (Lipinski definition) is 6. The van der Waals surface area contributed by atoms with Crippen molar-refractivity contribution in [2.75, 3.05) is 12.4 Å². The van der Waals surface area contributed by atoms with Gasteiger partial charge in [-0.2, -0.15) is 0 Å². The molecule has 0 saturated carbocycles. The second-order valence-corrected chi connectivity index (χ2v) is 5.08. The molecular weight excluding hydrogens is 264 g/mol. The Kier molecular flexibility index (Phi) is 2.91. The highest BCUT2D eigenvalue weighted by atomic mass is 35.5. The van der Waals surface area contributed by atoms with Gasteiger partial charge in [0, 0.05) is 5.75 Å². The first kappa shape index (κ1) is 11.2. The van der Waals surface area contributed by atoms with Gasteiger partial charge in [0.05, 0.1) is 12.9 Å². The summed E-state index contributed by atoms with van der Waals surface area (Å²) in [5.41, 5.74) is 1.03. The van der Waals surface area contributed by atoms with Crippen molar-refractivity contribution in [1.29, 1.82) is 0 Å². The number of halogens is 1. The van der Waals surface area contributed by atoms with Crippen molar-refractivity contribution in [2.24, 2.45) is 0 Å². The first-order valence-corrected chi connectivity index (χ1v) is 6.43. The van der Waals surface area contributed by atoms with Crippen LogP contribution in [0.15, 0.2) is 12.7 Å². The van der Waals surface area contributed by atoms with Crippen LogP contribution in [0.4, 0.5) is 0 Å². The molecule has 6 nitrogen and oxygen atoms in total. The monoisotopic (exact) mass is 272 g/mol.